The van der Waals surface area contributed by atoms with Gasteiger partial charge in [0, 0.05) is 26.2 Å². The van der Waals surface area contributed by atoms with Crippen molar-refractivity contribution in [1.29, 1.82) is 0 Å². The molecule has 134 valence electrons. The van der Waals surface area contributed by atoms with Crippen LogP contribution < -0.4 is 15.4 Å². The largest absolute Gasteiger partial charge is 0.496 e. The van der Waals surface area contributed by atoms with Crippen molar-refractivity contribution in [3.05, 3.63) is 29.3 Å². The summed E-state index contributed by atoms with van der Waals surface area (Å²) in [6.45, 7) is 8.50. The van der Waals surface area contributed by atoms with E-state index in [1.165, 1.54) is 30.5 Å². The maximum Gasteiger partial charge on any atom is 0.191 e. The van der Waals surface area contributed by atoms with Gasteiger partial charge in [-0.2, -0.15) is 0 Å². The molecular formula is C19H32N4O. The van der Waals surface area contributed by atoms with E-state index in [1.54, 1.807) is 7.11 Å². The lowest BCUT2D eigenvalue weighted by Crippen LogP contribution is -2.45. The van der Waals surface area contributed by atoms with Gasteiger partial charge in [-0.15, -0.1) is 0 Å². The third kappa shape index (κ3) is 5.13. The number of nitrogens with one attached hydrogen (secondary N) is 2. The molecule has 2 N–H and O–H groups in total. The number of nitrogens with zero attached hydrogens (tertiary/aromatic N) is 2. The monoisotopic (exact) mass is 332 g/mol. The topological polar surface area (TPSA) is 48.9 Å². The molecule has 0 spiro atoms. The minimum absolute atomic E-state index is 0.630. The van der Waals surface area contributed by atoms with Crippen LogP contribution in [0.1, 0.15) is 30.9 Å². The molecule has 0 radical (unpaired) electrons. The van der Waals surface area contributed by atoms with E-state index in [9.17, 15) is 0 Å². The Kier molecular flexibility index (Phi) is 7.37. The zero-order chi connectivity index (χ0) is 17.4. The molecular weight excluding hydrogens is 300 g/mol. The Morgan fingerprint density at radius 2 is 2.21 bits per heavy atom. The predicted molar refractivity (Wildman–Crippen MR) is 101 cm³/mol. The zero-order valence-electron chi connectivity index (χ0n) is 15.6. The van der Waals surface area contributed by atoms with Gasteiger partial charge in [0.2, 0.25) is 0 Å². The minimum Gasteiger partial charge on any atom is -0.496 e. The summed E-state index contributed by atoms with van der Waals surface area (Å²) in [5, 5.41) is 6.88. The summed E-state index contributed by atoms with van der Waals surface area (Å²) < 4.78 is 5.44. The lowest BCUT2D eigenvalue weighted by atomic mass is 10.1. The molecule has 0 amide bonds. The van der Waals surface area contributed by atoms with Crippen LogP contribution in [0.15, 0.2) is 23.2 Å². The number of hydrogen-bond donors (Lipinski definition) is 2. The number of aliphatic imine (C=N–C) groups is 1. The number of likely N-dealkylation sites (tertiary alicyclic amines) is 1. The standard InChI is InChI=1S/C19H32N4O/c1-5-23-12-6-7-17(23)14-22-19(20-3)21-11-10-16-13-15(2)8-9-18(16)24-4/h8-9,13,17H,5-7,10-12,14H2,1-4H3,(H2,20,21,22). The number of hydrogen-bond acceptors (Lipinski definition) is 3. The maximum atomic E-state index is 5.44. The molecule has 2 rings (SSSR count). The summed E-state index contributed by atoms with van der Waals surface area (Å²) in [6.07, 6.45) is 3.49. The van der Waals surface area contributed by atoms with Gasteiger partial charge in [-0.05, 0) is 50.9 Å². The molecule has 0 saturated carbocycles. The summed E-state index contributed by atoms with van der Waals surface area (Å²) in [6, 6.07) is 6.94. The summed E-state index contributed by atoms with van der Waals surface area (Å²) >= 11 is 0. The molecule has 0 aromatic heterocycles. The lowest BCUT2D eigenvalue weighted by molar-refractivity contribution is 0.267. The van der Waals surface area contributed by atoms with E-state index >= 15 is 0 Å². The van der Waals surface area contributed by atoms with Crippen molar-refractivity contribution in [2.45, 2.75) is 39.2 Å². The second-order valence-corrected chi connectivity index (χ2v) is 6.37. The fourth-order valence-electron chi connectivity index (χ4n) is 3.40. The third-order valence-corrected chi connectivity index (χ3v) is 4.76. The lowest BCUT2D eigenvalue weighted by Gasteiger charge is -2.24. The molecule has 24 heavy (non-hydrogen) atoms. The third-order valence-electron chi connectivity index (χ3n) is 4.76. The molecule has 1 aromatic carbocycles. The van der Waals surface area contributed by atoms with Gasteiger partial charge < -0.3 is 15.4 Å². The SMILES string of the molecule is CCN1CCCC1CNC(=NC)NCCc1cc(C)ccc1OC. The van der Waals surface area contributed by atoms with Crippen molar-refractivity contribution in [3.8, 4) is 5.75 Å². The van der Waals surface area contributed by atoms with Gasteiger partial charge in [0.25, 0.3) is 0 Å². The van der Waals surface area contributed by atoms with Gasteiger partial charge in [0.05, 0.1) is 7.11 Å². The van der Waals surface area contributed by atoms with E-state index in [2.05, 4.69) is 46.5 Å². The molecule has 1 atom stereocenters. The minimum atomic E-state index is 0.630. The molecule has 1 heterocycles. The molecule has 1 unspecified atom stereocenters. The van der Waals surface area contributed by atoms with E-state index < -0.39 is 0 Å². The average molecular weight is 332 g/mol. The van der Waals surface area contributed by atoms with Crippen molar-refractivity contribution < 1.29 is 4.74 Å². The van der Waals surface area contributed by atoms with Crippen molar-refractivity contribution in [1.82, 2.24) is 15.5 Å². The van der Waals surface area contributed by atoms with Gasteiger partial charge in [-0.1, -0.05) is 24.6 Å². The highest BCUT2D eigenvalue weighted by Gasteiger charge is 2.22. The Balaban J connectivity index is 1.79. The summed E-state index contributed by atoms with van der Waals surface area (Å²) in [7, 11) is 3.55. The molecule has 1 aliphatic rings. The van der Waals surface area contributed by atoms with Crippen molar-refractivity contribution in [2.75, 3.05) is 40.3 Å². The van der Waals surface area contributed by atoms with Gasteiger partial charge in [0.15, 0.2) is 5.96 Å². The van der Waals surface area contributed by atoms with Gasteiger partial charge >= 0.3 is 0 Å². The fourth-order valence-corrected chi connectivity index (χ4v) is 3.40. The number of aryl methyl sites for hydroxylation is 1. The Bertz CT molecular complexity index is 544. The molecule has 1 aliphatic heterocycles. The van der Waals surface area contributed by atoms with Crippen LogP contribution in [0.4, 0.5) is 0 Å². The highest BCUT2D eigenvalue weighted by Crippen LogP contribution is 2.19. The number of methoxy groups -OCH3 is 1. The van der Waals surface area contributed by atoms with E-state index in [1.807, 2.05) is 13.1 Å². The van der Waals surface area contributed by atoms with Crippen LogP contribution >= 0.6 is 0 Å². The van der Waals surface area contributed by atoms with Crippen LogP contribution in [0.5, 0.6) is 5.75 Å². The van der Waals surface area contributed by atoms with Crippen LogP contribution in [0, 0.1) is 6.92 Å². The number of benzene rings is 1. The molecule has 1 saturated heterocycles. The maximum absolute atomic E-state index is 5.44. The zero-order valence-corrected chi connectivity index (χ0v) is 15.6. The van der Waals surface area contributed by atoms with Gasteiger partial charge in [-0.25, -0.2) is 0 Å². The number of guanidine groups is 1. The number of rotatable bonds is 7. The molecule has 5 nitrogen and oxygen atoms in total. The van der Waals surface area contributed by atoms with Gasteiger partial charge in [-0.3, -0.25) is 9.89 Å². The average Bonchev–Trinajstić information content (AvgIpc) is 3.05. The molecule has 1 aromatic rings. The van der Waals surface area contributed by atoms with Crippen LogP contribution in [-0.2, 0) is 6.42 Å². The first-order valence-corrected chi connectivity index (χ1v) is 9.00. The smallest absolute Gasteiger partial charge is 0.191 e. The van der Waals surface area contributed by atoms with E-state index in [4.69, 9.17) is 4.74 Å². The Morgan fingerprint density at radius 1 is 1.38 bits per heavy atom. The first kappa shape index (κ1) is 18.6. The summed E-state index contributed by atoms with van der Waals surface area (Å²) in [5.74, 6) is 1.83. The highest BCUT2D eigenvalue weighted by molar-refractivity contribution is 5.79. The Morgan fingerprint density at radius 3 is 2.92 bits per heavy atom. The van der Waals surface area contributed by atoms with Crippen LogP contribution in [-0.4, -0.2) is 57.2 Å². The van der Waals surface area contributed by atoms with Crippen molar-refractivity contribution in [3.63, 3.8) is 0 Å². The predicted octanol–water partition coefficient (Wildman–Crippen LogP) is 2.20. The van der Waals surface area contributed by atoms with Crippen LogP contribution in [0.25, 0.3) is 0 Å². The highest BCUT2D eigenvalue weighted by atomic mass is 16.5. The molecule has 1 fully saturated rings. The first-order chi connectivity index (χ1) is 11.7. The Labute approximate surface area is 146 Å². The van der Waals surface area contributed by atoms with Crippen molar-refractivity contribution in [2.24, 2.45) is 4.99 Å². The van der Waals surface area contributed by atoms with Crippen LogP contribution in [0.3, 0.4) is 0 Å². The van der Waals surface area contributed by atoms with Crippen LogP contribution in [0.2, 0.25) is 0 Å². The van der Waals surface area contributed by atoms with E-state index in [0.29, 0.717) is 6.04 Å². The molecule has 5 heteroatoms. The number of likely N-dealkylation sites (N-methyl/N-ethyl adjacent to an activating group) is 1. The summed E-state index contributed by atoms with van der Waals surface area (Å²) in [5.41, 5.74) is 2.49. The van der Waals surface area contributed by atoms with E-state index in [-0.39, 0.29) is 0 Å². The number of ether oxygens (including phenoxy) is 1. The van der Waals surface area contributed by atoms with Gasteiger partial charge in [0.1, 0.15) is 5.75 Å². The van der Waals surface area contributed by atoms with Crippen molar-refractivity contribution >= 4 is 5.96 Å². The first-order valence-electron chi connectivity index (χ1n) is 9.00. The normalized spacial score (nSPS) is 18.7. The second-order valence-electron chi connectivity index (χ2n) is 6.37. The van der Waals surface area contributed by atoms with E-state index in [0.717, 1.165) is 37.8 Å². The summed E-state index contributed by atoms with van der Waals surface area (Å²) in [4.78, 5) is 6.88. The quantitative estimate of drug-likeness (QED) is 0.594. The Hall–Kier alpha value is -1.75. The second kappa shape index (κ2) is 9.52. The fraction of sp³-hybridized carbons (Fsp3) is 0.632. The molecule has 0 bridgehead atoms. The molecule has 0 aliphatic carbocycles.